The second kappa shape index (κ2) is 6.53. The Kier molecular flexibility index (Phi) is 4.74. The molecule has 0 saturated heterocycles. The molecule has 0 unspecified atom stereocenters. The van der Waals surface area contributed by atoms with Gasteiger partial charge in [-0.2, -0.15) is 0 Å². The molecule has 1 N–H and O–H groups in total. The molecule has 0 amide bonds. The number of ether oxygens (including phenoxy) is 1. The zero-order valence-electron chi connectivity index (χ0n) is 12.6. The Morgan fingerprint density at radius 2 is 1.80 bits per heavy atom. The van der Waals surface area contributed by atoms with Gasteiger partial charge in [-0.05, 0) is 48.7 Å². The largest absolute Gasteiger partial charge is 0.439 e. The minimum Gasteiger partial charge on any atom is -0.439 e. The lowest BCUT2D eigenvalue weighted by Crippen LogP contribution is -2.21. The summed E-state index contributed by atoms with van der Waals surface area (Å²) in [6.45, 7) is 9.22. The van der Waals surface area contributed by atoms with Crippen LogP contribution < -0.4 is 10.1 Å². The van der Waals surface area contributed by atoms with Crippen LogP contribution in [0.4, 0.5) is 0 Å². The minimum absolute atomic E-state index is 0.465. The summed E-state index contributed by atoms with van der Waals surface area (Å²) in [5.41, 5.74) is 3.56. The van der Waals surface area contributed by atoms with Crippen LogP contribution in [0.1, 0.15) is 30.5 Å². The van der Waals surface area contributed by atoms with Crippen molar-refractivity contribution in [3.05, 3.63) is 53.2 Å². The van der Waals surface area contributed by atoms with E-state index >= 15 is 0 Å². The quantitative estimate of drug-likeness (QED) is 0.892. The standard InChI is InChI=1S/C17H22N2O/c1-12(2)19-11-15-5-6-18-17(10-15)20-16-8-13(3)7-14(4)9-16/h5-10,12,19H,11H2,1-4H3. The molecule has 3 nitrogen and oxygen atoms in total. The molecule has 1 aromatic carbocycles. The molecular weight excluding hydrogens is 248 g/mol. The molecule has 0 aliphatic rings. The Balaban J connectivity index is 2.11. The summed E-state index contributed by atoms with van der Waals surface area (Å²) in [7, 11) is 0. The zero-order chi connectivity index (χ0) is 14.5. The predicted molar refractivity (Wildman–Crippen MR) is 82.2 cm³/mol. The highest BCUT2D eigenvalue weighted by molar-refractivity contribution is 5.35. The number of aryl methyl sites for hydroxylation is 2. The van der Waals surface area contributed by atoms with Gasteiger partial charge < -0.3 is 10.1 Å². The summed E-state index contributed by atoms with van der Waals surface area (Å²) in [6, 6.07) is 10.6. The van der Waals surface area contributed by atoms with Gasteiger partial charge in [0.15, 0.2) is 0 Å². The maximum Gasteiger partial charge on any atom is 0.219 e. The molecular formula is C17H22N2O. The lowest BCUT2D eigenvalue weighted by Gasteiger charge is -2.10. The smallest absolute Gasteiger partial charge is 0.219 e. The molecule has 0 fully saturated rings. The molecule has 0 aliphatic heterocycles. The number of pyridine rings is 1. The van der Waals surface area contributed by atoms with Crippen LogP contribution >= 0.6 is 0 Å². The van der Waals surface area contributed by atoms with E-state index in [1.54, 1.807) is 6.20 Å². The molecule has 2 rings (SSSR count). The van der Waals surface area contributed by atoms with Gasteiger partial charge in [-0.25, -0.2) is 4.98 Å². The van der Waals surface area contributed by atoms with Crippen molar-refractivity contribution in [3.8, 4) is 11.6 Å². The van der Waals surface area contributed by atoms with E-state index < -0.39 is 0 Å². The van der Waals surface area contributed by atoms with E-state index in [0.717, 1.165) is 12.3 Å². The fourth-order valence-electron chi connectivity index (χ4n) is 2.05. The van der Waals surface area contributed by atoms with E-state index in [9.17, 15) is 0 Å². The zero-order valence-corrected chi connectivity index (χ0v) is 12.6. The van der Waals surface area contributed by atoms with Crippen LogP contribution in [0.15, 0.2) is 36.5 Å². The third kappa shape index (κ3) is 4.35. The Labute approximate surface area is 121 Å². The van der Waals surface area contributed by atoms with Gasteiger partial charge in [-0.1, -0.05) is 19.9 Å². The van der Waals surface area contributed by atoms with Crippen molar-refractivity contribution in [3.63, 3.8) is 0 Å². The van der Waals surface area contributed by atoms with Crippen molar-refractivity contribution in [2.45, 2.75) is 40.3 Å². The molecule has 1 heterocycles. The van der Waals surface area contributed by atoms with Crippen molar-refractivity contribution < 1.29 is 4.74 Å². The Hall–Kier alpha value is -1.87. The van der Waals surface area contributed by atoms with Crippen LogP contribution in [0, 0.1) is 13.8 Å². The fourth-order valence-corrected chi connectivity index (χ4v) is 2.05. The molecule has 0 spiro atoms. The van der Waals surface area contributed by atoms with Crippen LogP contribution in [-0.2, 0) is 6.54 Å². The first-order valence-electron chi connectivity index (χ1n) is 6.97. The van der Waals surface area contributed by atoms with Gasteiger partial charge in [-0.15, -0.1) is 0 Å². The van der Waals surface area contributed by atoms with Crippen LogP contribution in [0.25, 0.3) is 0 Å². The third-order valence-corrected chi connectivity index (χ3v) is 2.93. The molecule has 106 valence electrons. The van der Waals surface area contributed by atoms with E-state index in [2.05, 4.69) is 44.1 Å². The Morgan fingerprint density at radius 3 is 2.45 bits per heavy atom. The van der Waals surface area contributed by atoms with Crippen LogP contribution in [0.5, 0.6) is 11.6 Å². The average molecular weight is 270 g/mol. The fraction of sp³-hybridized carbons (Fsp3) is 0.353. The van der Waals surface area contributed by atoms with Crippen molar-refractivity contribution in [2.24, 2.45) is 0 Å². The maximum atomic E-state index is 5.85. The number of rotatable bonds is 5. The Morgan fingerprint density at radius 1 is 1.10 bits per heavy atom. The summed E-state index contributed by atoms with van der Waals surface area (Å²) in [4.78, 5) is 4.27. The second-order valence-electron chi connectivity index (χ2n) is 5.46. The Bertz CT molecular complexity index is 559. The number of hydrogen-bond acceptors (Lipinski definition) is 3. The molecule has 20 heavy (non-hydrogen) atoms. The number of aromatic nitrogens is 1. The first kappa shape index (κ1) is 14.5. The van der Waals surface area contributed by atoms with Gasteiger partial charge in [0.1, 0.15) is 5.75 Å². The number of benzene rings is 1. The summed E-state index contributed by atoms with van der Waals surface area (Å²) in [5.74, 6) is 1.47. The monoisotopic (exact) mass is 270 g/mol. The SMILES string of the molecule is Cc1cc(C)cc(Oc2cc(CNC(C)C)ccn2)c1. The highest BCUT2D eigenvalue weighted by atomic mass is 16.5. The van der Waals surface area contributed by atoms with Crippen LogP contribution in [-0.4, -0.2) is 11.0 Å². The van der Waals surface area contributed by atoms with Crippen LogP contribution in [0.2, 0.25) is 0 Å². The molecule has 0 bridgehead atoms. The number of hydrogen-bond donors (Lipinski definition) is 1. The first-order valence-corrected chi connectivity index (χ1v) is 6.97. The van der Waals surface area contributed by atoms with E-state index in [1.807, 2.05) is 24.3 Å². The molecule has 3 heteroatoms. The van der Waals surface area contributed by atoms with Gasteiger partial charge in [0.25, 0.3) is 0 Å². The van der Waals surface area contributed by atoms with E-state index in [1.165, 1.54) is 16.7 Å². The first-order chi connectivity index (χ1) is 9.52. The maximum absolute atomic E-state index is 5.85. The molecule has 0 atom stereocenters. The average Bonchev–Trinajstić information content (AvgIpc) is 2.35. The van der Waals surface area contributed by atoms with Crippen molar-refractivity contribution in [1.82, 2.24) is 10.3 Å². The van der Waals surface area contributed by atoms with Gasteiger partial charge in [0.05, 0.1) is 0 Å². The summed E-state index contributed by atoms with van der Waals surface area (Å²) < 4.78 is 5.85. The van der Waals surface area contributed by atoms with E-state index in [0.29, 0.717) is 11.9 Å². The van der Waals surface area contributed by atoms with Gasteiger partial charge >= 0.3 is 0 Å². The van der Waals surface area contributed by atoms with E-state index in [-0.39, 0.29) is 0 Å². The number of nitrogens with zero attached hydrogens (tertiary/aromatic N) is 1. The topological polar surface area (TPSA) is 34.1 Å². The highest BCUT2D eigenvalue weighted by Gasteiger charge is 2.03. The van der Waals surface area contributed by atoms with Gasteiger partial charge in [-0.3, -0.25) is 0 Å². The normalized spacial score (nSPS) is 10.8. The molecule has 0 radical (unpaired) electrons. The van der Waals surface area contributed by atoms with Crippen molar-refractivity contribution in [2.75, 3.05) is 0 Å². The van der Waals surface area contributed by atoms with E-state index in [4.69, 9.17) is 4.74 Å². The molecule has 2 aromatic rings. The molecule has 0 saturated carbocycles. The summed E-state index contributed by atoms with van der Waals surface area (Å²) in [5, 5.41) is 3.39. The molecule has 0 aliphatic carbocycles. The lowest BCUT2D eigenvalue weighted by atomic mass is 10.1. The van der Waals surface area contributed by atoms with Crippen molar-refractivity contribution in [1.29, 1.82) is 0 Å². The second-order valence-corrected chi connectivity index (χ2v) is 5.46. The number of nitrogens with one attached hydrogen (secondary N) is 1. The van der Waals surface area contributed by atoms with Gasteiger partial charge in [0.2, 0.25) is 5.88 Å². The molecule has 1 aromatic heterocycles. The highest BCUT2D eigenvalue weighted by Crippen LogP contribution is 2.22. The third-order valence-electron chi connectivity index (χ3n) is 2.93. The van der Waals surface area contributed by atoms with Crippen molar-refractivity contribution >= 4 is 0 Å². The summed E-state index contributed by atoms with van der Waals surface area (Å²) in [6.07, 6.45) is 1.79. The summed E-state index contributed by atoms with van der Waals surface area (Å²) >= 11 is 0. The lowest BCUT2D eigenvalue weighted by molar-refractivity contribution is 0.460. The van der Waals surface area contributed by atoms with Crippen LogP contribution in [0.3, 0.4) is 0 Å². The predicted octanol–water partition coefficient (Wildman–Crippen LogP) is 3.99. The van der Waals surface area contributed by atoms with Gasteiger partial charge in [0, 0.05) is 24.8 Å². The minimum atomic E-state index is 0.465.